The summed E-state index contributed by atoms with van der Waals surface area (Å²) in [7, 11) is 0. The van der Waals surface area contributed by atoms with E-state index in [0.29, 0.717) is 17.0 Å². The molecule has 1 N–H and O–H groups in total. The molecule has 2 aliphatic rings. The van der Waals surface area contributed by atoms with E-state index in [0.717, 1.165) is 64.3 Å². The molecule has 3 aromatic rings. The fourth-order valence-corrected chi connectivity index (χ4v) is 4.36. The molecule has 0 amide bonds. The molecule has 0 atom stereocenters. The summed E-state index contributed by atoms with van der Waals surface area (Å²) in [5, 5.41) is 3.86. The van der Waals surface area contributed by atoms with Gasteiger partial charge in [0.05, 0.1) is 18.6 Å². The van der Waals surface area contributed by atoms with E-state index in [9.17, 15) is 4.79 Å². The van der Waals surface area contributed by atoms with Gasteiger partial charge in [0.1, 0.15) is 0 Å². The van der Waals surface area contributed by atoms with Crippen LogP contribution in [0.25, 0.3) is 16.7 Å². The van der Waals surface area contributed by atoms with Crippen LogP contribution in [-0.4, -0.2) is 58.8 Å². The van der Waals surface area contributed by atoms with Crippen molar-refractivity contribution in [2.24, 2.45) is 0 Å². The third-order valence-corrected chi connectivity index (χ3v) is 6.04. The number of aromatic nitrogens is 3. The predicted octanol–water partition coefficient (Wildman–Crippen LogP) is 2.40. The smallest absolute Gasteiger partial charge is 0.224 e. The van der Waals surface area contributed by atoms with Gasteiger partial charge in [0, 0.05) is 43.8 Å². The number of fused-ring (bicyclic) bond motifs is 2. The second-order valence-corrected chi connectivity index (χ2v) is 8.02. The number of benzene rings is 1. The second-order valence-electron chi connectivity index (χ2n) is 8.02. The Morgan fingerprint density at radius 2 is 1.97 bits per heavy atom. The molecule has 0 unspecified atom stereocenters. The summed E-state index contributed by atoms with van der Waals surface area (Å²) in [6.45, 7) is 5.46. The molecule has 156 valence electrons. The van der Waals surface area contributed by atoms with Gasteiger partial charge in [-0.1, -0.05) is 6.07 Å². The van der Waals surface area contributed by atoms with Crippen molar-refractivity contribution in [3.8, 4) is 5.69 Å². The van der Waals surface area contributed by atoms with E-state index in [1.807, 2.05) is 10.8 Å². The van der Waals surface area contributed by atoms with Crippen molar-refractivity contribution in [3.05, 3.63) is 58.0 Å². The first-order valence-corrected chi connectivity index (χ1v) is 10.8. The van der Waals surface area contributed by atoms with E-state index in [-0.39, 0.29) is 5.43 Å². The summed E-state index contributed by atoms with van der Waals surface area (Å²) in [5.41, 5.74) is 4.46. The van der Waals surface area contributed by atoms with Crippen LogP contribution in [0.15, 0.2) is 41.5 Å². The summed E-state index contributed by atoms with van der Waals surface area (Å²) in [6, 6.07) is 8.14. The Kier molecular flexibility index (Phi) is 5.46. The molecule has 1 fully saturated rings. The summed E-state index contributed by atoms with van der Waals surface area (Å²) in [4.78, 5) is 23.9. The number of nitrogens with one attached hydrogen (secondary N) is 1. The first-order valence-electron chi connectivity index (χ1n) is 10.8. The molecule has 7 heteroatoms. The van der Waals surface area contributed by atoms with E-state index < -0.39 is 0 Å². The van der Waals surface area contributed by atoms with Crippen LogP contribution in [0.5, 0.6) is 0 Å². The molecule has 1 aliphatic heterocycles. The van der Waals surface area contributed by atoms with Gasteiger partial charge in [0.15, 0.2) is 11.1 Å². The Balaban J connectivity index is 1.36. The van der Waals surface area contributed by atoms with Crippen molar-refractivity contribution < 1.29 is 4.74 Å². The molecule has 30 heavy (non-hydrogen) atoms. The molecule has 1 saturated heterocycles. The number of morpholine rings is 1. The van der Waals surface area contributed by atoms with E-state index in [1.54, 1.807) is 12.3 Å². The number of anilines is 1. The lowest BCUT2D eigenvalue weighted by atomic mass is 10.1. The summed E-state index contributed by atoms with van der Waals surface area (Å²) in [6.07, 6.45) is 7.95. The van der Waals surface area contributed by atoms with Crippen LogP contribution in [0.3, 0.4) is 0 Å². The number of pyridine rings is 1. The van der Waals surface area contributed by atoms with Gasteiger partial charge in [-0.25, -0.2) is 4.98 Å². The van der Waals surface area contributed by atoms with Gasteiger partial charge in [-0.2, -0.15) is 4.98 Å². The second kappa shape index (κ2) is 8.53. The SMILES string of the molecule is O=c1ccn(-c2ccc3c(c2)CCC3)c2nc(NCCCN3CCOCC3)ncc12. The van der Waals surface area contributed by atoms with E-state index in [1.165, 1.54) is 17.5 Å². The lowest BCUT2D eigenvalue weighted by molar-refractivity contribution is 0.0378. The van der Waals surface area contributed by atoms with Crippen LogP contribution >= 0.6 is 0 Å². The third-order valence-electron chi connectivity index (χ3n) is 6.04. The van der Waals surface area contributed by atoms with Crippen molar-refractivity contribution in [2.45, 2.75) is 25.7 Å². The van der Waals surface area contributed by atoms with Crippen LogP contribution in [-0.2, 0) is 17.6 Å². The zero-order chi connectivity index (χ0) is 20.3. The lowest BCUT2D eigenvalue weighted by Crippen LogP contribution is -2.37. The molecule has 0 saturated carbocycles. The largest absolute Gasteiger partial charge is 0.379 e. The van der Waals surface area contributed by atoms with E-state index >= 15 is 0 Å². The minimum absolute atomic E-state index is 0.0544. The number of hydrogen-bond donors (Lipinski definition) is 1. The molecule has 2 aromatic heterocycles. The fraction of sp³-hybridized carbons (Fsp3) is 0.435. The topological polar surface area (TPSA) is 72.3 Å². The highest BCUT2D eigenvalue weighted by Gasteiger charge is 2.14. The monoisotopic (exact) mass is 405 g/mol. The van der Waals surface area contributed by atoms with Crippen molar-refractivity contribution in [1.82, 2.24) is 19.4 Å². The fourth-order valence-electron chi connectivity index (χ4n) is 4.36. The molecule has 0 spiro atoms. The summed E-state index contributed by atoms with van der Waals surface area (Å²) in [5.74, 6) is 0.560. The standard InChI is InChI=1S/C23H27N5O2/c29-21-7-10-28(19-6-5-17-3-1-4-18(17)15-19)22-20(21)16-25-23(26-22)24-8-2-9-27-11-13-30-14-12-27/h5-7,10,15-16H,1-4,8-9,11-14H2,(H,24,25,26). The lowest BCUT2D eigenvalue weighted by Gasteiger charge is -2.26. The van der Waals surface area contributed by atoms with Crippen LogP contribution in [0.1, 0.15) is 24.0 Å². The average molecular weight is 406 g/mol. The predicted molar refractivity (Wildman–Crippen MR) is 118 cm³/mol. The minimum atomic E-state index is -0.0544. The Hall–Kier alpha value is -2.77. The molecule has 0 radical (unpaired) electrons. The van der Waals surface area contributed by atoms with Crippen molar-refractivity contribution >= 4 is 17.0 Å². The van der Waals surface area contributed by atoms with Crippen LogP contribution in [0, 0.1) is 0 Å². The maximum absolute atomic E-state index is 12.4. The Morgan fingerprint density at radius 1 is 1.10 bits per heavy atom. The van der Waals surface area contributed by atoms with Gasteiger partial charge >= 0.3 is 0 Å². The number of nitrogens with zero attached hydrogens (tertiary/aromatic N) is 4. The van der Waals surface area contributed by atoms with E-state index in [2.05, 4.69) is 33.4 Å². The first kappa shape index (κ1) is 19.2. The molecule has 1 aliphatic carbocycles. The van der Waals surface area contributed by atoms with Crippen molar-refractivity contribution in [1.29, 1.82) is 0 Å². The van der Waals surface area contributed by atoms with Gasteiger partial charge in [-0.15, -0.1) is 0 Å². The highest BCUT2D eigenvalue weighted by molar-refractivity contribution is 5.76. The summed E-state index contributed by atoms with van der Waals surface area (Å²) < 4.78 is 7.39. The van der Waals surface area contributed by atoms with Crippen LogP contribution in [0.2, 0.25) is 0 Å². The number of rotatable bonds is 6. The normalized spacial score (nSPS) is 16.7. The zero-order valence-corrected chi connectivity index (χ0v) is 17.1. The highest BCUT2D eigenvalue weighted by atomic mass is 16.5. The molecule has 5 rings (SSSR count). The molecule has 7 nitrogen and oxygen atoms in total. The van der Waals surface area contributed by atoms with Gasteiger partial charge in [-0.3, -0.25) is 9.69 Å². The van der Waals surface area contributed by atoms with Crippen molar-refractivity contribution in [3.63, 3.8) is 0 Å². The quantitative estimate of drug-likeness (QED) is 0.635. The molecule has 0 bridgehead atoms. The Labute approximate surface area is 175 Å². The Bertz CT molecular complexity index is 1100. The average Bonchev–Trinajstić information content (AvgIpc) is 3.26. The summed E-state index contributed by atoms with van der Waals surface area (Å²) >= 11 is 0. The Morgan fingerprint density at radius 3 is 2.87 bits per heavy atom. The number of ether oxygens (including phenoxy) is 1. The third kappa shape index (κ3) is 3.95. The maximum Gasteiger partial charge on any atom is 0.224 e. The van der Waals surface area contributed by atoms with Gasteiger partial charge < -0.3 is 14.6 Å². The van der Waals surface area contributed by atoms with Crippen LogP contribution in [0.4, 0.5) is 5.95 Å². The number of hydrogen-bond acceptors (Lipinski definition) is 6. The first-order chi connectivity index (χ1) is 14.8. The number of aryl methyl sites for hydroxylation is 2. The van der Waals surface area contributed by atoms with E-state index in [4.69, 9.17) is 9.72 Å². The minimum Gasteiger partial charge on any atom is -0.379 e. The van der Waals surface area contributed by atoms with Crippen LogP contribution < -0.4 is 10.7 Å². The van der Waals surface area contributed by atoms with Gasteiger partial charge in [0.25, 0.3) is 0 Å². The maximum atomic E-state index is 12.4. The molecular formula is C23H27N5O2. The van der Waals surface area contributed by atoms with Crippen molar-refractivity contribution in [2.75, 3.05) is 44.7 Å². The molecule has 3 heterocycles. The van der Waals surface area contributed by atoms with Gasteiger partial charge in [-0.05, 0) is 55.5 Å². The molecular weight excluding hydrogens is 378 g/mol. The highest BCUT2D eigenvalue weighted by Crippen LogP contribution is 2.25. The molecule has 1 aromatic carbocycles. The zero-order valence-electron chi connectivity index (χ0n) is 17.1. The van der Waals surface area contributed by atoms with Gasteiger partial charge in [0.2, 0.25) is 5.95 Å².